The summed E-state index contributed by atoms with van der Waals surface area (Å²) in [5, 5.41) is 0. The number of carbonyl (C=O) groups is 4. The number of ether oxygens (including phenoxy) is 18. The van der Waals surface area contributed by atoms with Crippen molar-refractivity contribution in [1.82, 2.24) is 0 Å². The molecule has 8 aliphatic heterocycles. The van der Waals surface area contributed by atoms with Crippen molar-refractivity contribution in [3.63, 3.8) is 0 Å². The van der Waals surface area contributed by atoms with Crippen molar-refractivity contribution in [2.45, 2.75) is 275 Å². The van der Waals surface area contributed by atoms with Gasteiger partial charge in [-0.05, 0) is 216 Å². The highest BCUT2D eigenvalue weighted by Gasteiger charge is 2.46. The second kappa shape index (κ2) is 60.2. The first-order valence-corrected chi connectivity index (χ1v) is 56.5. The van der Waals surface area contributed by atoms with Crippen LogP contribution >= 0.6 is 0 Å². The maximum atomic E-state index is 12.1. The average Bonchev–Trinajstić information content (AvgIpc) is 1.79. The number of esters is 4. The predicted molar refractivity (Wildman–Crippen MR) is 534 cm³/mol. The van der Waals surface area contributed by atoms with Crippen LogP contribution in [0.1, 0.15) is 251 Å². The molecule has 5 aromatic carbocycles. The summed E-state index contributed by atoms with van der Waals surface area (Å²) in [5.74, 6) is 6.04. The van der Waals surface area contributed by atoms with E-state index in [2.05, 4.69) is 88.4 Å². The molecule has 0 aromatic heterocycles. The van der Waals surface area contributed by atoms with Crippen molar-refractivity contribution in [2.75, 3.05) is 173 Å². The van der Waals surface area contributed by atoms with E-state index in [1.54, 1.807) is 45.6 Å². The van der Waals surface area contributed by atoms with Crippen LogP contribution in [0.2, 0.25) is 12.1 Å². The molecule has 13 aliphatic rings. The van der Waals surface area contributed by atoms with Crippen LogP contribution < -0.4 is 18.9 Å². The molecule has 140 heavy (non-hydrogen) atoms. The van der Waals surface area contributed by atoms with Crippen LogP contribution in [0, 0.1) is 41.4 Å². The smallest absolute Gasteiger partial charge is 0.493 e. The topological polar surface area (TPSA) is 316 Å². The Kier molecular flexibility index (Phi) is 48.0. The Morgan fingerprint density at radius 2 is 0.700 bits per heavy atom. The van der Waals surface area contributed by atoms with Crippen LogP contribution in [-0.2, 0) is 108 Å². The SMILES string of the molecule is CC(C)(C)c1ccc(OCC2CC2)cc1.CCCCCCCCCCCCOCC1CC1.CCO[Si](CCCOCC1CO1)(OCC)OCC.CO[Si](CCC1CCC2CC2C1)(OC)OC.O=C(OCC1CO1)C1CCCCC1C(=O)OCC1CO1.O=C(OCC1CO1)c1ccccc1C(=O)OCC1CO1.c1cc(C(c2ccc(OCC3CO3)cc2)c2ccc(OCC3CO3)cc2)ccc1OCC1CO1. The van der Waals surface area contributed by atoms with Gasteiger partial charge in [0.25, 0.3) is 0 Å². The quantitative estimate of drug-likeness (QED) is 0.00871. The van der Waals surface area contributed by atoms with Gasteiger partial charge in [0.15, 0.2) is 0 Å². The molecule has 5 aromatic rings. The Labute approximate surface area is 835 Å². The fraction of sp³-hybridized carbons (Fsp3) is 0.691. The van der Waals surface area contributed by atoms with E-state index in [1.807, 2.05) is 57.2 Å². The predicted octanol–water partition coefficient (Wildman–Crippen LogP) is 19.3. The number of hydrogen-bond acceptors (Lipinski definition) is 28. The number of benzene rings is 5. The van der Waals surface area contributed by atoms with Crippen molar-refractivity contribution in [2.24, 2.45) is 41.4 Å². The number of fused-ring (bicyclic) bond motifs is 1. The molecule has 8 saturated heterocycles. The standard InChI is InChI=1S/C28H28O6.C16H32O.C14H20O6.C14H14O6.C14H20O.C12H26O5Si.C12H24O3Si/c1-7-22(29-13-25-16-32-25)8-2-19(1)28(20-3-9-23(10-4-20)30-14-26-17-33-26)21-5-11-24(12-6-21)31-15-27-18-34-27;1-2-3-4-5-6-7-8-9-10-11-14-17-15-16-12-13-16;2*15-13(19-7-9-5-17-9)11-3-1-2-4-12(11)14(16)20-8-10-6-18-10;1-14(2,3)12-6-8-13(9-7-12)15-10-11-4-5-11;1-4-15-18(16-5-2,17-6-3)9-7-8-13-10-12-11-14-12;1-13-16(14-2,15-3)7-6-10-4-5-11-9-12(11)8-10/h1-12,25-28H,13-18H2;16H,2-15H2,1H3;9-12H,1-8H2;1-4,9-10H,5-8H2;6-9,11H,4-5,10H2,1-3H3;12H,4-11H2,1-3H3;10-12H,4-9H2,1-3H3. The number of hydrogen-bond donors (Lipinski definition) is 0. The van der Waals surface area contributed by atoms with E-state index < -0.39 is 29.5 Å². The first kappa shape index (κ1) is 112. The Morgan fingerprint density at radius 3 is 1.08 bits per heavy atom. The Bertz CT molecular complexity index is 4040. The molecular formula is C110H164O28Si2. The summed E-state index contributed by atoms with van der Waals surface area (Å²) in [5.41, 5.74) is 5.57. The molecule has 13 fully saturated rings. The Balaban J connectivity index is 0.000000149. The lowest BCUT2D eigenvalue weighted by atomic mass is 9.79. The number of unbranched alkanes of at least 4 members (excludes halogenated alkanes) is 9. The lowest BCUT2D eigenvalue weighted by molar-refractivity contribution is -0.163. The van der Waals surface area contributed by atoms with Gasteiger partial charge in [-0.15, -0.1) is 0 Å². The fourth-order valence-electron chi connectivity index (χ4n) is 16.8. The molecule has 28 nitrogen and oxygen atoms in total. The summed E-state index contributed by atoms with van der Waals surface area (Å²) in [6, 6.07) is 41.7. The molecule has 30 heteroatoms. The van der Waals surface area contributed by atoms with E-state index >= 15 is 0 Å². The van der Waals surface area contributed by atoms with Crippen LogP contribution in [0.25, 0.3) is 0 Å². The van der Waals surface area contributed by atoms with E-state index in [4.69, 9.17) is 112 Å². The molecule has 0 radical (unpaired) electrons. The van der Waals surface area contributed by atoms with E-state index in [0.29, 0.717) is 111 Å². The minimum absolute atomic E-state index is 0.00919. The summed E-state index contributed by atoms with van der Waals surface area (Å²) in [4.78, 5) is 48.1. The van der Waals surface area contributed by atoms with E-state index in [0.717, 1.165) is 130 Å². The molecule has 5 aliphatic carbocycles. The van der Waals surface area contributed by atoms with Crippen LogP contribution in [0.15, 0.2) is 121 Å². The zero-order chi connectivity index (χ0) is 98.6. The van der Waals surface area contributed by atoms with Crippen LogP contribution in [0.5, 0.6) is 23.0 Å². The molecule has 0 spiro atoms. The monoisotopic (exact) mass is 1990 g/mol. The summed E-state index contributed by atoms with van der Waals surface area (Å²) in [6.07, 6.45) is 32.0. The first-order chi connectivity index (χ1) is 68.2. The molecule has 8 heterocycles. The van der Waals surface area contributed by atoms with Gasteiger partial charge in [-0.25, -0.2) is 9.59 Å². The van der Waals surface area contributed by atoms with Crippen LogP contribution in [-0.4, -0.2) is 264 Å². The van der Waals surface area contributed by atoms with Crippen molar-refractivity contribution >= 4 is 41.5 Å². The second-order valence-corrected chi connectivity index (χ2v) is 45.7. The van der Waals surface area contributed by atoms with Crippen molar-refractivity contribution < 1.29 is 131 Å². The number of rotatable bonds is 58. The van der Waals surface area contributed by atoms with Crippen molar-refractivity contribution in [3.8, 4) is 23.0 Å². The third-order valence-corrected chi connectivity index (χ3v) is 32.7. The van der Waals surface area contributed by atoms with Gasteiger partial charge in [0.05, 0.1) is 89.0 Å². The lowest BCUT2D eigenvalue weighted by Gasteiger charge is -2.28. The Morgan fingerprint density at radius 1 is 0.350 bits per heavy atom. The molecule has 13 unspecified atom stereocenters. The van der Waals surface area contributed by atoms with E-state index in [-0.39, 0.29) is 102 Å². The van der Waals surface area contributed by atoms with Gasteiger partial charge >= 0.3 is 41.5 Å². The summed E-state index contributed by atoms with van der Waals surface area (Å²) in [7, 11) is 0.338. The highest BCUT2D eigenvalue weighted by atomic mass is 28.4. The molecule has 5 saturated carbocycles. The normalized spacial score (nSPS) is 23.9. The zero-order valence-corrected chi connectivity index (χ0v) is 87.4. The zero-order valence-electron chi connectivity index (χ0n) is 85.4. The van der Waals surface area contributed by atoms with Gasteiger partial charge in [-0.1, -0.05) is 165 Å². The van der Waals surface area contributed by atoms with E-state index in [9.17, 15) is 19.2 Å². The van der Waals surface area contributed by atoms with Crippen molar-refractivity contribution in [3.05, 3.63) is 155 Å². The van der Waals surface area contributed by atoms with Gasteiger partial charge in [-0.3, -0.25) is 9.59 Å². The van der Waals surface area contributed by atoms with Gasteiger partial charge in [0, 0.05) is 79.0 Å². The maximum absolute atomic E-state index is 12.1. The second-order valence-electron chi connectivity index (χ2n) is 39.9. The number of epoxide rings is 8. The summed E-state index contributed by atoms with van der Waals surface area (Å²) in [6.45, 7) is 29.7. The molecule has 0 bridgehead atoms. The number of carbonyl (C=O) groups excluding carboxylic acids is 4. The van der Waals surface area contributed by atoms with Crippen LogP contribution in [0.3, 0.4) is 0 Å². The Hall–Kier alpha value is -7.03. The third kappa shape index (κ3) is 44.1. The summed E-state index contributed by atoms with van der Waals surface area (Å²) < 4.78 is 129. The van der Waals surface area contributed by atoms with Gasteiger partial charge < -0.3 is 112 Å². The largest absolute Gasteiger partial charge is 0.501 e. The molecule has 13 atom stereocenters. The molecule has 18 rings (SSSR count). The minimum atomic E-state index is -2.47. The third-order valence-electron chi connectivity index (χ3n) is 26.7. The lowest BCUT2D eigenvalue weighted by Crippen LogP contribution is -2.46. The van der Waals surface area contributed by atoms with Gasteiger partial charge in [-0.2, -0.15) is 0 Å². The van der Waals surface area contributed by atoms with Crippen LogP contribution in [0.4, 0.5) is 0 Å². The molecular weight excluding hydrogens is 1830 g/mol. The summed E-state index contributed by atoms with van der Waals surface area (Å²) >= 11 is 0. The highest BCUT2D eigenvalue weighted by Crippen LogP contribution is 2.53. The fourth-order valence-corrected chi connectivity index (χ4v) is 21.3. The molecule has 780 valence electrons. The maximum Gasteiger partial charge on any atom is 0.501 e. The highest BCUT2D eigenvalue weighted by molar-refractivity contribution is 6.61. The minimum Gasteiger partial charge on any atom is -0.493 e. The van der Waals surface area contributed by atoms with Gasteiger partial charge in [0.2, 0.25) is 0 Å². The molecule has 0 amide bonds. The van der Waals surface area contributed by atoms with Gasteiger partial charge in [0.1, 0.15) is 118 Å². The molecule has 0 N–H and O–H groups in total. The van der Waals surface area contributed by atoms with E-state index in [1.165, 1.54) is 144 Å². The average molecular weight is 1990 g/mol. The van der Waals surface area contributed by atoms with Crippen molar-refractivity contribution in [1.29, 1.82) is 0 Å². The first-order valence-electron chi connectivity index (χ1n) is 52.6.